The number of benzene rings is 1. The Labute approximate surface area is 118 Å². The van der Waals surface area contributed by atoms with E-state index in [1.807, 2.05) is 32.0 Å². The predicted molar refractivity (Wildman–Crippen MR) is 80.0 cm³/mol. The number of aldehydes is 1. The Hall–Kier alpha value is -2.56. The molecular weight excluding hydrogens is 254 g/mol. The molecule has 20 heavy (non-hydrogen) atoms. The van der Waals surface area contributed by atoms with Crippen LogP contribution in [0.3, 0.4) is 0 Å². The van der Waals surface area contributed by atoms with E-state index in [1.54, 1.807) is 12.3 Å². The van der Waals surface area contributed by atoms with Gasteiger partial charge in [-0.05, 0) is 43.3 Å². The van der Waals surface area contributed by atoms with Crippen molar-refractivity contribution in [2.75, 3.05) is 11.9 Å². The van der Waals surface area contributed by atoms with Crippen LogP contribution in [0.5, 0.6) is 0 Å². The number of allylic oxidation sites excluding steroid dienone is 3. The van der Waals surface area contributed by atoms with Crippen LogP contribution in [0.4, 0.5) is 5.69 Å². The number of carbonyl (C=O) groups excluding carboxylic acids is 2. The monoisotopic (exact) mass is 273 g/mol. The van der Waals surface area contributed by atoms with Crippen LogP contribution >= 0.6 is 0 Å². The van der Waals surface area contributed by atoms with E-state index >= 15 is 0 Å². The van der Waals surface area contributed by atoms with Crippen molar-refractivity contribution in [2.24, 2.45) is 5.73 Å². The smallest absolute Gasteiger partial charge is 0.243 e. The van der Waals surface area contributed by atoms with Gasteiger partial charge in [-0.1, -0.05) is 18.2 Å². The zero-order valence-electron chi connectivity index (χ0n) is 11.6. The second-order valence-electron chi connectivity index (χ2n) is 4.34. The number of hydrogen-bond acceptors (Lipinski definition) is 4. The number of rotatable bonds is 6. The van der Waals surface area contributed by atoms with Gasteiger partial charge in [0.15, 0.2) is 6.29 Å². The normalized spacial score (nSPS) is 11.4. The number of hydrogen-bond donors (Lipinski definition) is 3. The molecule has 0 bridgehead atoms. The Morgan fingerprint density at radius 3 is 2.55 bits per heavy atom. The summed E-state index contributed by atoms with van der Waals surface area (Å²) >= 11 is 0. The molecule has 4 N–H and O–H groups in total. The molecule has 0 heterocycles. The van der Waals surface area contributed by atoms with Crippen molar-refractivity contribution >= 4 is 17.9 Å². The van der Waals surface area contributed by atoms with Crippen molar-refractivity contribution in [3.8, 4) is 0 Å². The summed E-state index contributed by atoms with van der Waals surface area (Å²) in [6.45, 7) is 4.03. The molecule has 0 aromatic heterocycles. The van der Waals surface area contributed by atoms with Gasteiger partial charge in [0.2, 0.25) is 5.91 Å². The molecule has 0 aliphatic heterocycles. The lowest BCUT2D eigenvalue weighted by Gasteiger charge is -2.11. The number of nitrogens with two attached hydrogens (primary N) is 1. The Kier molecular flexibility index (Phi) is 6.03. The number of nitrogens with one attached hydrogen (secondary N) is 2. The molecule has 5 heteroatoms. The number of amides is 1. The molecule has 1 aromatic carbocycles. The van der Waals surface area contributed by atoms with E-state index in [0.29, 0.717) is 6.29 Å². The average molecular weight is 273 g/mol. The van der Waals surface area contributed by atoms with E-state index in [0.717, 1.165) is 16.8 Å². The lowest BCUT2D eigenvalue weighted by Crippen LogP contribution is -2.25. The van der Waals surface area contributed by atoms with Crippen molar-refractivity contribution in [3.63, 3.8) is 0 Å². The molecule has 0 atom stereocenters. The third-order valence-electron chi connectivity index (χ3n) is 2.65. The van der Waals surface area contributed by atoms with Gasteiger partial charge in [0.05, 0.1) is 12.2 Å². The molecule has 1 amide bonds. The van der Waals surface area contributed by atoms with Gasteiger partial charge >= 0.3 is 0 Å². The molecule has 106 valence electrons. The molecule has 0 saturated heterocycles. The zero-order valence-corrected chi connectivity index (χ0v) is 11.6. The summed E-state index contributed by atoms with van der Waals surface area (Å²) in [6, 6.07) is 5.84. The predicted octanol–water partition coefficient (Wildman–Crippen LogP) is 1.39. The molecule has 1 aromatic rings. The Bertz CT molecular complexity index is 528. The van der Waals surface area contributed by atoms with E-state index in [-0.39, 0.29) is 18.1 Å². The van der Waals surface area contributed by atoms with Crippen molar-refractivity contribution in [1.82, 2.24) is 5.32 Å². The lowest BCUT2D eigenvalue weighted by molar-refractivity contribution is -0.115. The van der Waals surface area contributed by atoms with E-state index in [4.69, 9.17) is 5.73 Å². The van der Waals surface area contributed by atoms with E-state index in [9.17, 15) is 9.59 Å². The highest BCUT2D eigenvalue weighted by Gasteiger charge is 2.05. The van der Waals surface area contributed by atoms with Crippen LogP contribution in [0, 0.1) is 13.8 Å². The average Bonchev–Trinajstić information content (AvgIpc) is 2.42. The maximum atomic E-state index is 11.8. The van der Waals surface area contributed by atoms with Crippen LogP contribution in [0.1, 0.15) is 11.1 Å². The minimum atomic E-state index is -0.139. The molecule has 0 aliphatic carbocycles. The van der Waals surface area contributed by atoms with Crippen LogP contribution in [0.15, 0.2) is 42.2 Å². The van der Waals surface area contributed by atoms with Crippen molar-refractivity contribution in [1.29, 1.82) is 0 Å². The second-order valence-corrected chi connectivity index (χ2v) is 4.34. The number of para-hydroxylation sites is 1. The minimum Gasteiger partial charge on any atom is -0.396 e. The highest BCUT2D eigenvalue weighted by atomic mass is 16.1. The van der Waals surface area contributed by atoms with Crippen LogP contribution in [0.25, 0.3) is 0 Å². The third-order valence-corrected chi connectivity index (χ3v) is 2.65. The summed E-state index contributed by atoms with van der Waals surface area (Å²) in [7, 11) is 0. The summed E-state index contributed by atoms with van der Waals surface area (Å²) in [6.07, 6.45) is 5.12. The molecule has 0 aliphatic rings. The van der Waals surface area contributed by atoms with E-state index in [2.05, 4.69) is 10.6 Å². The van der Waals surface area contributed by atoms with Gasteiger partial charge in [0, 0.05) is 5.69 Å². The molecule has 0 spiro atoms. The first-order valence-corrected chi connectivity index (χ1v) is 6.21. The van der Waals surface area contributed by atoms with Crippen LogP contribution < -0.4 is 16.4 Å². The highest BCUT2D eigenvalue weighted by molar-refractivity contribution is 5.93. The first kappa shape index (κ1) is 15.5. The highest BCUT2D eigenvalue weighted by Crippen LogP contribution is 2.18. The second kappa shape index (κ2) is 7.78. The van der Waals surface area contributed by atoms with Crippen LogP contribution in [-0.2, 0) is 9.59 Å². The topological polar surface area (TPSA) is 84.2 Å². The van der Waals surface area contributed by atoms with Gasteiger partial charge in [-0.3, -0.25) is 9.59 Å². The first-order valence-electron chi connectivity index (χ1n) is 6.21. The largest absolute Gasteiger partial charge is 0.396 e. The summed E-state index contributed by atoms with van der Waals surface area (Å²) in [5, 5.41) is 5.67. The minimum absolute atomic E-state index is 0.128. The van der Waals surface area contributed by atoms with Gasteiger partial charge in [-0.25, -0.2) is 0 Å². The summed E-state index contributed by atoms with van der Waals surface area (Å²) in [4.78, 5) is 22.0. The molecule has 0 saturated carbocycles. The van der Waals surface area contributed by atoms with E-state index < -0.39 is 0 Å². The van der Waals surface area contributed by atoms with Gasteiger partial charge in [-0.15, -0.1) is 0 Å². The SMILES string of the molecule is Cc1cccc(C)c1NC(=O)CN/C=C\C=C(\N)C=O. The van der Waals surface area contributed by atoms with Gasteiger partial charge in [0.25, 0.3) is 0 Å². The molecule has 0 unspecified atom stereocenters. The first-order chi connectivity index (χ1) is 9.54. The van der Waals surface area contributed by atoms with Gasteiger partial charge in [0.1, 0.15) is 0 Å². The number of carbonyl (C=O) groups is 2. The standard InChI is InChI=1S/C15H19N3O2/c1-11-5-3-6-12(2)15(11)18-14(20)9-17-8-4-7-13(16)10-19/h3-8,10,17H,9,16H2,1-2H3,(H,18,20)/b8-4-,13-7+. The van der Waals surface area contributed by atoms with Crippen LogP contribution in [-0.4, -0.2) is 18.7 Å². The lowest BCUT2D eigenvalue weighted by atomic mass is 10.1. The third kappa shape index (κ3) is 4.97. The Morgan fingerprint density at radius 1 is 1.30 bits per heavy atom. The van der Waals surface area contributed by atoms with Crippen LogP contribution in [0.2, 0.25) is 0 Å². The van der Waals surface area contributed by atoms with Gasteiger partial charge in [-0.2, -0.15) is 0 Å². The number of anilines is 1. The van der Waals surface area contributed by atoms with Crippen molar-refractivity contribution < 1.29 is 9.59 Å². The fraction of sp³-hybridized carbons (Fsp3) is 0.200. The van der Waals surface area contributed by atoms with Crippen molar-refractivity contribution in [2.45, 2.75) is 13.8 Å². The Morgan fingerprint density at radius 2 is 1.95 bits per heavy atom. The fourth-order valence-electron chi connectivity index (χ4n) is 1.61. The zero-order chi connectivity index (χ0) is 15.0. The maximum Gasteiger partial charge on any atom is 0.243 e. The quantitative estimate of drug-likeness (QED) is 0.415. The fourth-order valence-corrected chi connectivity index (χ4v) is 1.61. The molecule has 0 fully saturated rings. The van der Waals surface area contributed by atoms with Gasteiger partial charge < -0.3 is 16.4 Å². The molecule has 5 nitrogen and oxygen atoms in total. The van der Waals surface area contributed by atoms with Crippen molar-refractivity contribution in [3.05, 3.63) is 53.4 Å². The number of aryl methyl sites for hydroxylation is 2. The maximum absolute atomic E-state index is 11.8. The molecular formula is C15H19N3O2. The molecule has 1 rings (SSSR count). The Balaban J connectivity index is 2.47. The summed E-state index contributed by atoms with van der Waals surface area (Å²) in [5.74, 6) is -0.139. The summed E-state index contributed by atoms with van der Waals surface area (Å²) < 4.78 is 0. The summed E-state index contributed by atoms with van der Waals surface area (Å²) in [5.41, 5.74) is 8.30. The van der Waals surface area contributed by atoms with E-state index in [1.165, 1.54) is 6.08 Å². The molecule has 0 radical (unpaired) electrons.